The summed E-state index contributed by atoms with van der Waals surface area (Å²) in [5.74, 6) is 2.28. The Labute approximate surface area is 200 Å². The van der Waals surface area contributed by atoms with Crippen molar-refractivity contribution in [2.75, 3.05) is 7.11 Å². The van der Waals surface area contributed by atoms with Crippen molar-refractivity contribution in [2.24, 2.45) is 0 Å². The molecule has 1 aromatic heterocycles. The molecule has 0 fully saturated rings. The summed E-state index contributed by atoms with van der Waals surface area (Å²) in [6.45, 7) is 0. The van der Waals surface area contributed by atoms with E-state index in [9.17, 15) is 0 Å². The zero-order valence-electron chi connectivity index (χ0n) is 13.0. The second-order valence-corrected chi connectivity index (χ2v) is 18.7. The number of methoxy groups -OCH3 is 1. The van der Waals surface area contributed by atoms with Gasteiger partial charge in [-0.3, -0.25) is 0 Å². The molecule has 4 nitrogen and oxygen atoms in total. The van der Waals surface area contributed by atoms with Crippen LogP contribution in [-0.4, -0.2) is 22.1 Å². The van der Waals surface area contributed by atoms with Gasteiger partial charge in [0.2, 0.25) is 0 Å². The van der Waals surface area contributed by atoms with Crippen LogP contribution < -0.4 is 4.74 Å². The van der Waals surface area contributed by atoms with Crippen LogP contribution in [0.15, 0.2) is 36.4 Å². The number of fused-ring (bicyclic) bond motifs is 1. The lowest BCUT2D eigenvalue weighted by Crippen LogP contribution is -2.15. The summed E-state index contributed by atoms with van der Waals surface area (Å²) in [6, 6.07) is 11.8. The minimum Gasteiger partial charge on any atom is -0.496 e. The van der Waals surface area contributed by atoms with E-state index in [1.54, 1.807) is 7.11 Å². The lowest BCUT2D eigenvalue weighted by molar-refractivity contribution is 0.420. The van der Waals surface area contributed by atoms with E-state index < -0.39 is 4.29 Å². The van der Waals surface area contributed by atoms with Crippen molar-refractivity contribution in [3.05, 3.63) is 48.0 Å². The Balaban J connectivity index is 2.32. The van der Waals surface area contributed by atoms with Crippen LogP contribution in [0.3, 0.4) is 0 Å². The summed E-state index contributed by atoms with van der Waals surface area (Å²) in [5.41, 5.74) is 0.875. The van der Waals surface area contributed by atoms with E-state index in [1.165, 1.54) is 0 Å². The Morgan fingerprint density at radius 1 is 0.731 bits per heavy atom. The van der Waals surface area contributed by atoms with Crippen LogP contribution in [0.5, 0.6) is 5.75 Å². The average Bonchev–Trinajstić information content (AvgIpc) is 2.59. The van der Waals surface area contributed by atoms with E-state index in [-0.39, 0.29) is 0 Å². The standard InChI is InChI=1S/C16H9Br6N3O/c1-26-11-7-6-10(8-4-2-3-5-9(8)11)12-23-13(15(17,18)19)25-14(24-12)16(20,21)22/h2-7H,1H3. The molecule has 0 bridgehead atoms. The number of rotatable bonds is 2. The second-order valence-electron chi connectivity index (χ2n) is 5.16. The van der Waals surface area contributed by atoms with Crippen LogP contribution in [0.25, 0.3) is 22.2 Å². The summed E-state index contributed by atoms with van der Waals surface area (Å²) in [7, 11) is 1.66. The van der Waals surface area contributed by atoms with Crippen molar-refractivity contribution in [3.8, 4) is 17.1 Å². The third kappa shape index (κ3) is 4.51. The lowest BCUT2D eigenvalue weighted by atomic mass is 10.0. The monoisotopic (exact) mass is 733 g/mol. The summed E-state index contributed by atoms with van der Waals surface area (Å²) >= 11 is 20.9. The SMILES string of the molecule is COc1ccc(-c2nc(C(Br)(Br)Br)nc(C(Br)(Br)Br)n2)c2ccccc12. The van der Waals surface area contributed by atoms with E-state index >= 15 is 0 Å². The quantitative estimate of drug-likeness (QED) is 0.260. The smallest absolute Gasteiger partial charge is 0.194 e. The van der Waals surface area contributed by atoms with Crippen molar-refractivity contribution in [2.45, 2.75) is 4.29 Å². The number of benzene rings is 2. The largest absolute Gasteiger partial charge is 0.496 e. The molecule has 2 aromatic carbocycles. The number of ether oxygens (including phenoxy) is 1. The molecular weight excluding hydrogens is 730 g/mol. The Hall–Kier alpha value is 0.390. The molecule has 0 spiro atoms. The number of alkyl halides is 6. The fourth-order valence-corrected chi connectivity index (χ4v) is 3.46. The first-order chi connectivity index (χ1) is 12.1. The summed E-state index contributed by atoms with van der Waals surface area (Å²) in [5, 5.41) is 1.98. The van der Waals surface area contributed by atoms with Gasteiger partial charge < -0.3 is 4.74 Å². The number of halogens is 6. The Bertz CT molecular complexity index is 936. The molecule has 0 aliphatic heterocycles. The van der Waals surface area contributed by atoms with Gasteiger partial charge in [-0.25, -0.2) is 15.0 Å². The highest BCUT2D eigenvalue weighted by Gasteiger charge is 2.32. The summed E-state index contributed by atoms with van der Waals surface area (Å²) in [6.07, 6.45) is 0. The van der Waals surface area contributed by atoms with E-state index in [1.807, 2.05) is 36.4 Å². The highest BCUT2D eigenvalue weighted by molar-refractivity contribution is 9.39. The Kier molecular flexibility index (Phi) is 6.51. The predicted octanol–water partition coefficient (Wildman–Crippen LogP) is 7.29. The molecule has 136 valence electrons. The molecule has 0 saturated heterocycles. The van der Waals surface area contributed by atoms with Crippen LogP contribution in [0.2, 0.25) is 0 Å². The minimum atomic E-state index is -0.778. The predicted molar refractivity (Wildman–Crippen MR) is 126 cm³/mol. The van der Waals surface area contributed by atoms with Gasteiger partial charge in [0.05, 0.1) is 7.11 Å². The molecule has 1 heterocycles. The van der Waals surface area contributed by atoms with Gasteiger partial charge in [-0.1, -0.05) is 120 Å². The van der Waals surface area contributed by atoms with E-state index in [2.05, 4.69) is 111 Å². The molecule has 10 heteroatoms. The molecule has 0 radical (unpaired) electrons. The van der Waals surface area contributed by atoms with Crippen LogP contribution in [0.1, 0.15) is 11.6 Å². The first-order valence-electron chi connectivity index (χ1n) is 7.08. The van der Waals surface area contributed by atoms with E-state index in [4.69, 9.17) is 4.74 Å². The molecular formula is C16H9Br6N3O. The topological polar surface area (TPSA) is 47.9 Å². The fourth-order valence-electron chi connectivity index (χ4n) is 2.39. The van der Waals surface area contributed by atoms with Crippen molar-refractivity contribution in [1.29, 1.82) is 0 Å². The molecule has 26 heavy (non-hydrogen) atoms. The normalized spacial score (nSPS) is 12.4. The molecule has 0 saturated carbocycles. The fraction of sp³-hybridized carbons (Fsp3) is 0.188. The first kappa shape index (κ1) is 21.1. The number of nitrogens with zero attached hydrogens (tertiary/aromatic N) is 3. The average molecular weight is 739 g/mol. The highest BCUT2D eigenvalue weighted by atomic mass is 80.0. The van der Waals surface area contributed by atoms with Gasteiger partial charge in [0.15, 0.2) is 21.8 Å². The van der Waals surface area contributed by atoms with Crippen molar-refractivity contribution < 1.29 is 4.74 Å². The number of hydrogen-bond acceptors (Lipinski definition) is 4. The Morgan fingerprint density at radius 2 is 1.27 bits per heavy atom. The van der Waals surface area contributed by atoms with Gasteiger partial charge >= 0.3 is 0 Å². The summed E-state index contributed by atoms with van der Waals surface area (Å²) < 4.78 is 3.92. The van der Waals surface area contributed by atoms with Crippen LogP contribution >= 0.6 is 95.6 Å². The molecule has 0 atom stereocenters. The minimum absolute atomic E-state index is 0.472. The van der Waals surface area contributed by atoms with E-state index in [0.717, 1.165) is 22.1 Å². The third-order valence-electron chi connectivity index (χ3n) is 3.49. The second kappa shape index (κ2) is 8.02. The number of hydrogen-bond donors (Lipinski definition) is 0. The third-order valence-corrected chi connectivity index (χ3v) is 5.62. The van der Waals surface area contributed by atoms with Gasteiger partial charge in [-0.15, -0.1) is 0 Å². The van der Waals surface area contributed by atoms with Gasteiger partial charge in [0.25, 0.3) is 0 Å². The molecule has 0 amide bonds. The maximum absolute atomic E-state index is 5.48. The van der Waals surface area contributed by atoms with Crippen molar-refractivity contribution in [3.63, 3.8) is 0 Å². The zero-order valence-corrected chi connectivity index (χ0v) is 22.5. The van der Waals surface area contributed by atoms with Gasteiger partial charge in [-0.2, -0.15) is 0 Å². The van der Waals surface area contributed by atoms with Gasteiger partial charge in [0, 0.05) is 10.9 Å². The zero-order chi connectivity index (χ0) is 19.1. The van der Waals surface area contributed by atoms with Gasteiger partial charge in [0.1, 0.15) is 5.75 Å². The molecule has 0 aliphatic rings. The van der Waals surface area contributed by atoms with Crippen molar-refractivity contribution in [1.82, 2.24) is 15.0 Å². The number of aromatic nitrogens is 3. The summed E-state index contributed by atoms with van der Waals surface area (Å²) in [4.78, 5) is 13.7. The molecule has 3 rings (SSSR count). The van der Waals surface area contributed by atoms with Crippen LogP contribution in [-0.2, 0) is 4.29 Å². The Morgan fingerprint density at radius 3 is 1.77 bits per heavy atom. The molecule has 3 aromatic rings. The molecule has 0 N–H and O–H groups in total. The highest BCUT2D eigenvalue weighted by Crippen LogP contribution is 2.47. The van der Waals surface area contributed by atoms with Crippen molar-refractivity contribution >= 4 is 106 Å². The molecule has 0 aliphatic carbocycles. The first-order valence-corrected chi connectivity index (χ1v) is 11.8. The van der Waals surface area contributed by atoms with Gasteiger partial charge in [-0.05, 0) is 17.5 Å². The maximum Gasteiger partial charge on any atom is 0.194 e. The van der Waals surface area contributed by atoms with E-state index in [0.29, 0.717) is 17.5 Å². The van der Waals surface area contributed by atoms with Crippen LogP contribution in [0.4, 0.5) is 0 Å². The lowest BCUT2D eigenvalue weighted by Gasteiger charge is -2.17. The molecule has 0 unspecified atom stereocenters. The van der Waals surface area contributed by atoms with Crippen LogP contribution in [0, 0.1) is 0 Å². The maximum atomic E-state index is 5.48.